The fourth-order valence-electron chi connectivity index (χ4n) is 1.60. The number of rotatable bonds is 6. The van der Waals surface area contributed by atoms with Crippen LogP contribution in [0.2, 0.25) is 0 Å². The Morgan fingerprint density at radius 2 is 2.28 bits per heavy atom. The first-order valence-corrected chi connectivity index (χ1v) is 6.67. The lowest BCUT2D eigenvalue weighted by atomic mass is 10.1. The van der Waals surface area contributed by atoms with Crippen molar-refractivity contribution < 1.29 is 13.9 Å². The van der Waals surface area contributed by atoms with Gasteiger partial charge in [0.1, 0.15) is 11.9 Å². The first-order chi connectivity index (χ1) is 8.58. The van der Waals surface area contributed by atoms with Crippen molar-refractivity contribution in [1.29, 1.82) is 0 Å². The van der Waals surface area contributed by atoms with E-state index in [2.05, 4.69) is 21.2 Å². The minimum atomic E-state index is -0.515. The molecule has 3 nitrogen and oxygen atoms in total. The third-order valence-electron chi connectivity index (χ3n) is 2.59. The predicted octanol–water partition coefficient (Wildman–Crippen LogP) is 3.73. The highest BCUT2D eigenvalue weighted by molar-refractivity contribution is 9.10. The lowest BCUT2D eigenvalue weighted by Crippen LogP contribution is -2.31. The molecule has 1 rings (SSSR count). The molecule has 0 heterocycles. The standard InChI is InChI=1S/C13H17BrFNO2/c1-3-4-5-11(13(17)18-2)16-12-8-9(14)6-7-10(12)15/h6-8,11,16H,3-5H2,1-2H3. The van der Waals surface area contributed by atoms with E-state index in [9.17, 15) is 9.18 Å². The minimum Gasteiger partial charge on any atom is -0.467 e. The number of unbranched alkanes of at least 4 members (excludes halogenated alkanes) is 1. The lowest BCUT2D eigenvalue weighted by Gasteiger charge is -2.18. The highest BCUT2D eigenvalue weighted by Crippen LogP contribution is 2.22. The van der Waals surface area contributed by atoms with E-state index >= 15 is 0 Å². The monoisotopic (exact) mass is 317 g/mol. The Bertz CT molecular complexity index is 412. The first-order valence-electron chi connectivity index (χ1n) is 5.88. The van der Waals surface area contributed by atoms with Gasteiger partial charge in [-0.05, 0) is 24.6 Å². The van der Waals surface area contributed by atoms with Crippen LogP contribution in [0.25, 0.3) is 0 Å². The second-order valence-corrected chi connectivity index (χ2v) is 4.90. The van der Waals surface area contributed by atoms with Crippen LogP contribution in [0.15, 0.2) is 22.7 Å². The Balaban J connectivity index is 2.81. The molecule has 0 aliphatic carbocycles. The topological polar surface area (TPSA) is 38.3 Å². The van der Waals surface area contributed by atoms with Crippen LogP contribution in [0.5, 0.6) is 0 Å². The fourth-order valence-corrected chi connectivity index (χ4v) is 1.96. The Hall–Kier alpha value is -1.10. The number of ether oxygens (including phenoxy) is 1. The van der Waals surface area contributed by atoms with Crippen molar-refractivity contribution in [2.24, 2.45) is 0 Å². The van der Waals surface area contributed by atoms with Crippen LogP contribution in [0.3, 0.4) is 0 Å². The molecule has 0 spiro atoms. The number of carbonyl (C=O) groups is 1. The molecule has 100 valence electrons. The van der Waals surface area contributed by atoms with Gasteiger partial charge in [-0.3, -0.25) is 0 Å². The molecule has 1 unspecified atom stereocenters. The third kappa shape index (κ3) is 4.29. The van der Waals surface area contributed by atoms with E-state index in [1.165, 1.54) is 13.2 Å². The molecule has 1 atom stereocenters. The minimum absolute atomic E-state index is 0.302. The summed E-state index contributed by atoms with van der Waals surface area (Å²) in [7, 11) is 1.33. The summed E-state index contributed by atoms with van der Waals surface area (Å²) in [6, 6.07) is 4.05. The van der Waals surface area contributed by atoms with Crippen molar-refractivity contribution in [3.05, 3.63) is 28.5 Å². The molecule has 0 saturated carbocycles. The first kappa shape index (κ1) is 15.0. The van der Waals surface area contributed by atoms with Crippen LogP contribution in [-0.4, -0.2) is 19.1 Å². The summed E-state index contributed by atoms with van der Waals surface area (Å²) in [5.41, 5.74) is 0.302. The number of hydrogen-bond donors (Lipinski definition) is 1. The number of methoxy groups -OCH3 is 1. The number of hydrogen-bond acceptors (Lipinski definition) is 3. The summed E-state index contributed by atoms with van der Waals surface area (Å²) >= 11 is 3.27. The normalized spacial score (nSPS) is 12.0. The van der Waals surface area contributed by atoms with Crippen LogP contribution < -0.4 is 5.32 Å². The van der Waals surface area contributed by atoms with E-state index in [0.717, 1.165) is 17.3 Å². The van der Waals surface area contributed by atoms with Crippen molar-refractivity contribution >= 4 is 27.6 Å². The second-order valence-electron chi connectivity index (χ2n) is 3.99. The molecule has 0 aromatic heterocycles. The highest BCUT2D eigenvalue weighted by Gasteiger charge is 2.19. The zero-order chi connectivity index (χ0) is 13.5. The number of anilines is 1. The molecule has 0 aliphatic heterocycles. The average molecular weight is 318 g/mol. The number of benzene rings is 1. The van der Waals surface area contributed by atoms with Gasteiger partial charge in [-0.25, -0.2) is 9.18 Å². The molecule has 0 saturated heterocycles. The average Bonchev–Trinajstić information content (AvgIpc) is 2.37. The molecule has 0 aliphatic rings. The van der Waals surface area contributed by atoms with Crippen LogP contribution in [0, 0.1) is 5.82 Å². The number of halogens is 2. The lowest BCUT2D eigenvalue weighted by molar-refractivity contribution is -0.141. The van der Waals surface area contributed by atoms with Gasteiger partial charge < -0.3 is 10.1 Å². The fraction of sp³-hybridized carbons (Fsp3) is 0.462. The van der Waals surface area contributed by atoms with Crippen LogP contribution in [0.1, 0.15) is 26.2 Å². The summed E-state index contributed by atoms with van der Waals surface area (Å²) in [6.45, 7) is 2.04. The number of carbonyl (C=O) groups excluding carboxylic acids is 1. The van der Waals surface area contributed by atoms with Gasteiger partial charge in [0.15, 0.2) is 0 Å². The van der Waals surface area contributed by atoms with E-state index < -0.39 is 6.04 Å². The summed E-state index contributed by atoms with van der Waals surface area (Å²) in [6.07, 6.45) is 2.47. The number of nitrogens with one attached hydrogen (secondary N) is 1. The Morgan fingerprint density at radius 1 is 1.56 bits per heavy atom. The molecular weight excluding hydrogens is 301 g/mol. The second kappa shape index (κ2) is 7.36. The summed E-state index contributed by atoms with van der Waals surface area (Å²) in [4.78, 5) is 11.6. The van der Waals surface area contributed by atoms with E-state index in [4.69, 9.17) is 4.74 Å². The van der Waals surface area contributed by atoms with Gasteiger partial charge in [-0.2, -0.15) is 0 Å². The molecule has 0 bridgehead atoms. The molecule has 18 heavy (non-hydrogen) atoms. The zero-order valence-electron chi connectivity index (χ0n) is 10.5. The van der Waals surface area contributed by atoms with Crippen molar-refractivity contribution in [2.45, 2.75) is 32.2 Å². The Kier molecular flexibility index (Phi) is 6.12. The van der Waals surface area contributed by atoms with E-state index in [1.54, 1.807) is 12.1 Å². The van der Waals surface area contributed by atoms with Gasteiger partial charge in [0.05, 0.1) is 12.8 Å². The van der Waals surface area contributed by atoms with Gasteiger partial charge in [0.25, 0.3) is 0 Å². The molecular formula is C13H17BrFNO2. The maximum absolute atomic E-state index is 13.6. The molecule has 5 heteroatoms. The van der Waals surface area contributed by atoms with E-state index in [-0.39, 0.29) is 11.8 Å². The van der Waals surface area contributed by atoms with Gasteiger partial charge in [-0.1, -0.05) is 35.7 Å². The molecule has 0 fully saturated rings. The SMILES string of the molecule is CCCCC(Nc1cc(Br)ccc1F)C(=O)OC. The quantitative estimate of drug-likeness (QED) is 0.812. The smallest absolute Gasteiger partial charge is 0.328 e. The molecule has 0 amide bonds. The molecule has 1 N–H and O–H groups in total. The molecule has 1 aromatic carbocycles. The van der Waals surface area contributed by atoms with Crippen LogP contribution in [0.4, 0.5) is 10.1 Å². The Labute approximate surface area is 115 Å². The van der Waals surface area contributed by atoms with Gasteiger partial charge in [-0.15, -0.1) is 0 Å². The van der Waals surface area contributed by atoms with Crippen molar-refractivity contribution in [3.8, 4) is 0 Å². The van der Waals surface area contributed by atoms with Crippen molar-refractivity contribution in [3.63, 3.8) is 0 Å². The Morgan fingerprint density at radius 3 is 2.89 bits per heavy atom. The summed E-state index contributed by atoms with van der Waals surface area (Å²) in [5.74, 6) is -0.758. The van der Waals surface area contributed by atoms with Gasteiger partial charge in [0, 0.05) is 4.47 Å². The summed E-state index contributed by atoms with van der Waals surface area (Å²) < 4.78 is 19.1. The molecule has 1 aromatic rings. The third-order valence-corrected chi connectivity index (χ3v) is 3.08. The molecule has 0 radical (unpaired) electrons. The maximum atomic E-state index is 13.6. The van der Waals surface area contributed by atoms with Crippen LogP contribution in [-0.2, 0) is 9.53 Å². The maximum Gasteiger partial charge on any atom is 0.328 e. The summed E-state index contributed by atoms with van der Waals surface area (Å²) in [5, 5.41) is 2.89. The van der Waals surface area contributed by atoms with Crippen LogP contribution >= 0.6 is 15.9 Å². The van der Waals surface area contributed by atoms with Gasteiger partial charge in [0.2, 0.25) is 0 Å². The zero-order valence-corrected chi connectivity index (χ0v) is 12.1. The van der Waals surface area contributed by atoms with Gasteiger partial charge >= 0.3 is 5.97 Å². The van der Waals surface area contributed by atoms with E-state index in [1.807, 2.05) is 6.92 Å². The van der Waals surface area contributed by atoms with E-state index in [0.29, 0.717) is 12.1 Å². The van der Waals surface area contributed by atoms with Crippen molar-refractivity contribution in [1.82, 2.24) is 0 Å². The predicted molar refractivity (Wildman–Crippen MR) is 73.1 cm³/mol. The number of esters is 1. The largest absolute Gasteiger partial charge is 0.467 e. The van der Waals surface area contributed by atoms with Crippen molar-refractivity contribution in [2.75, 3.05) is 12.4 Å². The highest BCUT2D eigenvalue weighted by atomic mass is 79.9.